The molecule has 41 heavy (non-hydrogen) atoms. The van der Waals surface area contributed by atoms with Crippen LogP contribution in [0.15, 0.2) is 126 Å². The third-order valence-electron chi connectivity index (χ3n) is 6.04. The van der Waals surface area contributed by atoms with E-state index >= 15 is 0 Å². The molecule has 5 rings (SSSR count). The molecule has 0 bridgehead atoms. The number of para-hydroxylation sites is 1. The van der Waals surface area contributed by atoms with Crippen LogP contribution in [0.4, 0.5) is 10.8 Å². The van der Waals surface area contributed by atoms with E-state index in [0.717, 1.165) is 33.0 Å². The van der Waals surface area contributed by atoms with Crippen LogP contribution in [-0.4, -0.2) is 23.9 Å². The van der Waals surface area contributed by atoms with Crippen molar-refractivity contribution in [3.63, 3.8) is 0 Å². The Morgan fingerprint density at radius 3 is 2.39 bits per heavy atom. The van der Waals surface area contributed by atoms with Crippen LogP contribution in [0, 0.1) is 0 Å². The van der Waals surface area contributed by atoms with Crippen molar-refractivity contribution in [3.05, 3.63) is 132 Å². The van der Waals surface area contributed by atoms with Crippen LogP contribution in [0.5, 0.6) is 5.75 Å². The first-order valence-electron chi connectivity index (χ1n) is 12.8. The van der Waals surface area contributed by atoms with Crippen LogP contribution in [0.2, 0.25) is 0 Å². The topological polar surface area (TPSA) is 80.3 Å². The van der Waals surface area contributed by atoms with Gasteiger partial charge in [-0.05, 0) is 47.5 Å². The number of ether oxygens (including phenoxy) is 1. The lowest BCUT2D eigenvalue weighted by molar-refractivity contribution is -0.116. The van der Waals surface area contributed by atoms with E-state index in [4.69, 9.17) is 4.74 Å². The first kappa shape index (κ1) is 27.9. The highest BCUT2D eigenvalue weighted by Crippen LogP contribution is 2.38. The zero-order valence-electron chi connectivity index (χ0n) is 22.2. The van der Waals surface area contributed by atoms with Gasteiger partial charge in [0.15, 0.2) is 5.13 Å². The number of aromatic nitrogens is 1. The van der Waals surface area contributed by atoms with E-state index < -0.39 is 5.25 Å². The van der Waals surface area contributed by atoms with E-state index in [1.54, 1.807) is 13.2 Å². The van der Waals surface area contributed by atoms with Gasteiger partial charge in [-0.25, -0.2) is 4.98 Å². The van der Waals surface area contributed by atoms with E-state index in [1.807, 2.05) is 115 Å². The lowest BCUT2D eigenvalue weighted by Gasteiger charge is -2.17. The van der Waals surface area contributed by atoms with Crippen molar-refractivity contribution in [1.82, 2.24) is 4.98 Å². The number of hydrogen-bond acceptors (Lipinski definition) is 6. The van der Waals surface area contributed by atoms with Crippen LogP contribution in [-0.2, 0) is 9.59 Å². The van der Waals surface area contributed by atoms with Crippen LogP contribution < -0.4 is 15.4 Å². The molecule has 8 heteroatoms. The van der Waals surface area contributed by atoms with Gasteiger partial charge in [-0.15, -0.1) is 23.1 Å². The van der Waals surface area contributed by atoms with Gasteiger partial charge < -0.3 is 15.4 Å². The molecule has 1 aromatic heterocycles. The van der Waals surface area contributed by atoms with Crippen LogP contribution in [0.3, 0.4) is 0 Å². The summed E-state index contributed by atoms with van der Waals surface area (Å²) < 4.78 is 5.46. The molecule has 1 unspecified atom stereocenters. The van der Waals surface area contributed by atoms with E-state index in [-0.39, 0.29) is 11.8 Å². The number of benzene rings is 4. The minimum absolute atomic E-state index is 0.192. The molecule has 2 amide bonds. The number of nitrogens with zero attached hydrogens (tertiary/aromatic N) is 1. The number of carbonyl (C=O) groups excluding carboxylic acids is 2. The van der Waals surface area contributed by atoms with Gasteiger partial charge in [0.2, 0.25) is 11.8 Å². The number of hydrogen-bond donors (Lipinski definition) is 2. The molecule has 2 N–H and O–H groups in total. The Morgan fingerprint density at radius 2 is 1.61 bits per heavy atom. The van der Waals surface area contributed by atoms with Gasteiger partial charge in [0.05, 0.1) is 12.8 Å². The molecule has 0 aliphatic carbocycles. The molecule has 0 saturated heterocycles. The second-order valence-corrected chi connectivity index (χ2v) is 10.9. The predicted molar refractivity (Wildman–Crippen MR) is 168 cm³/mol. The summed E-state index contributed by atoms with van der Waals surface area (Å²) in [6, 6.07) is 34.4. The van der Waals surface area contributed by atoms with Gasteiger partial charge >= 0.3 is 0 Å². The maximum atomic E-state index is 13.6. The molecule has 0 aliphatic rings. The van der Waals surface area contributed by atoms with Crippen LogP contribution in [0.25, 0.3) is 17.3 Å². The summed E-state index contributed by atoms with van der Waals surface area (Å²) in [6.45, 7) is 0. The van der Waals surface area contributed by atoms with E-state index in [2.05, 4.69) is 15.6 Å². The number of thioether (sulfide) groups is 1. The highest BCUT2D eigenvalue weighted by molar-refractivity contribution is 8.00. The number of rotatable bonds is 10. The SMILES string of the molecule is COc1ccccc1-c1csc(NC(=O)C(Sc2cccc(NC(=O)/C=C/c3ccccc3)c2)c2ccccc2)n1. The minimum atomic E-state index is -0.543. The average Bonchev–Trinajstić information content (AvgIpc) is 3.48. The number of carbonyl (C=O) groups is 2. The largest absolute Gasteiger partial charge is 0.496 e. The Kier molecular flexibility index (Phi) is 9.26. The summed E-state index contributed by atoms with van der Waals surface area (Å²) >= 11 is 2.77. The fraction of sp³-hybridized carbons (Fsp3) is 0.0606. The Balaban J connectivity index is 1.31. The second-order valence-electron chi connectivity index (χ2n) is 8.90. The summed E-state index contributed by atoms with van der Waals surface area (Å²) in [5.74, 6) is 0.293. The molecule has 0 spiro atoms. The monoisotopic (exact) mass is 577 g/mol. The summed E-state index contributed by atoms with van der Waals surface area (Å²) in [4.78, 5) is 31.6. The molecule has 6 nitrogen and oxygen atoms in total. The smallest absolute Gasteiger partial charge is 0.248 e. The molecular formula is C33H27N3O3S2. The normalized spacial score (nSPS) is 11.6. The number of nitrogens with one attached hydrogen (secondary N) is 2. The highest BCUT2D eigenvalue weighted by Gasteiger charge is 2.23. The summed E-state index contributed by atoms with van der Waals surface area (Å²) in [5.41, 5.74) is 4.04. The van der Waals surface area contributed by atoms with Crippen molar-refractivity contribution in [1.29, 1.82) is 0 Å². The Morgan fingerprint density at radius 1 is 0.878 bits per heavy atom. The number of thiazole rings is 1. The minimum Gasteiger partial charge on any atom is -0.496 e. The standard InChI is InChI=1S/C33H27N3O3S2/c1-39-29-18-9-8-17-27(29)28-22-40-33(35-28)36-32(38)31(24-13-6-3-7-14-24)41-26-16-10-15-25(21-26)34-30(37)20-19-23-11-4-2-5-12-23/h2-22,31H,1H3,(H,34,37)(H,35,36,38)/b20-19+. The van der Waals surface area contributed by atoms with E-state index in [1.165, 1.54) is 29.2 Å². The molecule has 0 fully saturated rings. The van der Waals surface area contributed by atoms with Crippen LogP contribution >= 0.6 is 23.1 Å². The van der Waals surface area contributed by atoms with Crippen molar-refractivity contribution in [3.8, 4) is 17.0 Å². The van der Waals surface area contributed by atoms with E-state index in [9.17, 15) is 9.59 Å². The third kappa shape index (κ3) is 7.51. The van der Waals surface area contributed by atoms with Crippen molar-refractivity contribution >= 4 is 51.8 Å². The molecular weight excluding hydrogens is 551 g/mol. The van der Waals surface area contributed by atoms with Crippen LogP contribution in [0.1, 0.15) is 16.4 Å². The third-order valence-corrected chi connectivity index (χ3v) is 8.05. The first-order chi connectivity index (χ1) is 20.1. The van der Waals surface area contributed by atoms with Crippen molar-refractivity contribution in [2.75, 3.05) is 17.7 Å². The maximum absolute atomic E-state index is 13.6. The molecule has 0 saturated carbocycles. The zero-order valence-corrected chi connectivity index (χ0v) is 23.8. The lowest BCUT2D eigenvalue weighted by Crippen LogP contribution is -2.19. The molecule has 0 aliphatic heterocycles. The maximum Gasteiger partial charge on any atom is 0.248 e. The molecule has 5 aromatic rings. The molecule has 4 aromatic carbocycles. The first-order valence-corrected chi connectivity index (χ1v) is 14.6. The summed E-state index contributed by atoms with van der Waals surface area (Å²) in [7, 11) is 1.62. The Hall–Kier alpha value is -4.66. The number of amides is 2. The second kappa shape index (κ2) is 13.6. The van der Waals surface area contributed by atoms with Crippen molar-refractivity contribution < 1.29 is 14.3 Å². The van der Waals surface area contributed by atoms with Gasteiger partial charge in [-0.2, -0.15) is 0 Å². The Bertz CT molecular complexity index is 1650. The summed E-state index contributed by atoms with van der Waals surface area (Å²) in [5, 5.41) is 7.76. The fourth-order valence-electron chi connectivity index (χ4n) is 4.09. The van der Waals surface area contributed by atoms with Crippen molar-refractivity contribution in [2.24, 2.45) is 0 Å². The van der Waals surface area contributed by atoms with Gasteiger partial charge in [0, 0.05) is 27.6 Å². The highest BCUT2D eigenvalue weighted by atomic mass is 32.2. The summed E-state index contributed by atoms with van der Waals surface area (Å²) in [6.07, 6.45) is 3.27. The average molecular weight is 578 g/mol. The predicted octanol–water partition coefficient (Wildman–Crippen LogP) is 7.94. The van der Waals surface area contributed by atoms with Gasteiger partial charge in [0.1, 0.15) is 11.0 Å². The van der Waals surface area contributed by atoms with Gasteiger partial charge in [-0.3, -0.25) is 9.59 Å². The van der Waals surface area contributed by atoms with E-state index in [0.29, 0.717) is 10.8 Å². The number of methoxy groups -OCH3 is 1. The fourth-order valence-corrected chi connectivity index (χ4v) is 5.88. The van der Waals surface area contributed by atoms with Crippen molar-refractivity contribution in [2.45, 2.75) is 10.1 Å². The molecule has 0 radical (unpaired) electrons. The quantitative estimate of drug-likeness (QED) is 0.130. The number of anilines is 2. The lowest BCUT2D eigenvalue weighted by atomic mass is 10.1. The van der Waals surface area contributed by atoms with Gasteiger partial charge in [0.25, 0.3) is 0 Å². The zero-order chi connectivity index (χ0) is 28.4. The molecule has 1 atom stereocenters. The van der Waals surface area contributed by atoms with Gasteiger partial charge in [-0.1, -0.05) is 78.9 Å². The molecule has 1 heterocycles. The Labute approximate surface area is 247 Å². The molecule has 204 valence electrons.